The lowest BCUT2D eigenvalue weighted by atomic mass is 10.1. The molecule has 0 aliphatic carbocycles. The first kappa shape index (κ1) is 14.1. The second kappa shape index (κ2) is 5.87. The van der Waals surface area contributed by atoms with Crippen LogP contribution in [0.3, 0.4) is 0 Å². The predicted octanol–water partition coefficient (Wildman–Crippen LogP) is 4.94. The van der Waals surface area contributed by atoms with E-state index in [1.165, 1.54) is 17.4 Å². The van der Waals surface area contributed by atoms with Crippen molar-refractivity contribution in [2.45, 2.75) is 0 Å². The molecule has 3 aromatic rings. The van der Waals surface area contributed by atoms with Crippen LogP contribution in [0.1, 0.15) is 15.4 Å². The summed E-state index contributed by atoms with van der Waals surface area (Å²) in [7, 11) is 0. The third kappa shape index (κ3) is 2.94. The van der Waals surface area contributed by atoms with Gasteiger partial charge in [0.15, 0.2) is 5.01 Å². The largest absolute Gasteiger partial charge is 0.286 e. The molecule has 0 bridgehead atoms. The van der Waals surface area contributed by atoms with Gasteiger partial charge in [-0.15, -0.1) is 11.3 Å². The van der Waals surface area contributed by atoms with Gasteiger partial charge in [0.25, 0.3) is 0 Å². The van der Waals surface area contributed by atoms with Gasteiger partial charge in [0, 0.05) is 21.0 Å². The van der Waals surface area contributed by atoms with Gasteiger partial charge in [-0.2, -0.15) is 0 Å². The monoisotopic (exact) mass is 361 g/mol. The Morgan fingerprint density at radius 1 is 1.14 bits per heavy atom. The number of hydrogen-bond acceptors (Lipinski definition) is 3. The summed E-state index contributed by atoms with van der Waals surface area (Å²) in [6.45, 7) is 0. The predicted molar refractivity (Wildman–Crippen MR) is 85.1 cm³/mol. The van der Waals surface area contributed by atoms with Crippen LogP contribution >= 0.6 is 27.3 Å². The lowest BCUT2D eigenvalue weighted by molar-refractivity contribution is 0.103. The first-order valence-electron chi connectivity index (χ1n) is 6.16. The Morgan fingerprint density at radius 2 is 1.90 bits per heavy atom. The van der Waals surface area contributed by atoms with Gasteiger partial charge in [0.2, 0.25) is 5.78 Å². The molecular weight excluding hydrogens is 353 g/mol. The number of carbonyl (C=O) groups is 1. The number of nitrogens with zero attached hydrogens (tertiary/aromatic N) is 1. The zero-order valence-electron chi connectivity index (χ0n) is 10.7. The average Bonchev–Trinajstić information content (AvgIpc) is 2.99. The molecule has 3 rings (SSSR count). The van der Waals surface area contributed by atoms with Gasteiger partial charge in [-0.05, 0) is 18.2 Å². The normalized spacial score (nSPS) is 10.6. The van der Waals surface area contributed by atoms with E-state index in [4.69, 9.17) is 0 Å². The van der Waals surface area contributed by atoms with Crippen LogP contribution in [0.5, 0.6) is 0 Å². The summed E-state index contributed by atoms with van der Waals surface area (Å²) in [6.07, 6.45) is 0. The molecule has 1 aromatic heterocycles. The van der Waals surface area contributed by atoms with Crippen molar-refractivity contribution in [3.8, 4) is 11.3 Å². The van der Waals surface area contributed by atoms with Crippen LogP contribution in [-0.4, -0.2) is 10.8 Å². The number of benzene rings is 2. The summed E-state index contributed by atoms with van der Waals surface area (Å²) in [5, 5.41) is 2.05. The topological polar surface area (TPSA) is 30.0 Å². The number of hydrogen-bond donors (Lipinski definition) is 0. The van der Waals surface area contributed by atoms with Crippen LogP contribution in [0.4, 0.5) is 4.39 Å². The van der Waals surface area contributed by atoms with E-state index in [-0.39, 0.29) is 11.6 Å². The fraction of sp³-hybridized carbons (Fsp3) is 0. The number of thiazole rings is 1. The molecule has 0 saturated carbocycles. The Hall–Kier alpha value is -1.85. The minimum Gasteiger partial charge on any atom is -0.286 e. The second-order valence-corrected chi connectivity index (χ2v) is 6.13. The molecule has 0 saturated heterocycles. The van der Waals surface area contributed by atoms with Crippen LogP contribution in [0, 0.1) is 5.82 Å². The Bertz CT molecular complexity index is 801. The highest BCUT2D eigenvalue weighted by molar-refractivity contribution is 9.10. The number of carbonyl (C=O) groups excluding carboxylic acids is 1. The van der Waals surface area contributed by atoms with Crippen molar-refractivity contribution in [2.75, 3.05) is 0 Å². The van der Waals surface area contributed by atoms with Gasteiger partial charge < -0.3 is 0 Å². The van der Waals surface area contributed by atoms with Crippen molar-refractivity contribution in [3.63, 3.8) is 0 Å². The van der Waals surface area contributed by atoms with Crippen LogP contribution in [0.2, 0.25) is 0 Å². The average molecular weight is 362 g/mol. The molecular formula is C16H9BrFNOS. The van der Waals surface area contributed by atoms with E-state index in [9.17, 15) is 9.18 Å². The van der Waals surface area contributed by atoms with Crippen molar-refractivity contribution in [1.82, 2.24) is 4.98 Å². The minimum atomic E-state index is -0.359. The van der Waals surface area contributed by atoms with E-state index in [1.807, 2.05) is 6.07 Å². The highest BCUT2D eigenvalue weighted by Gasteiger charge is 2.15. The van der Waals surface area contributed by atoms with Crippen LogP contribution in [-0.2, 0) is 0 Å². The highest BCUT2D eigenvalue weighted by Crippen LogP contribution is 2.28. The van der Waals surface area contributed by atoms with Crippen LogP contribution in [0.15, 0.2) is 58.4 Å². The summed E-state index contributed by atoms with van der Waals surface area (Å²) in [6, 6.07) is 13.6. The van der Waals surface area contributed by atoms with Gasteiger partial charge in [-0.1, -0.05) is 46.3 Å². The number of ketones is 1. The second-order valence-electron chi connectivity index (χ2n) is 4.36. The SMILES string of the molecule is O=C(c1ccccc1)c1nc(-c2cc(Br)ccc2F)cs1. The van der Waals surface area contributed by atoms with Crippen molar-refractivity contribution < 1.29 is 9.18 Å². The van der Waals surface area contributed by atoms with E-state index in [0.29, 0.717) is 21.8 Å². The zero-order valence-corrected chi connectivity index (χ0v) is 13.1. The van der Waals surface area contributed by atoms with Gasteiger partial charge in [0.05, 0.1) is 5.69 Å². The zero-order chi connectivity index (χ0) is 14.8. The van der Waals surface area contributed by atoms with Crippen molar-refractivity contribution >= 4 is 33.0 Å². The lowest BCUT2D eigenvalue weighted by Crippen LogP contribution is -2.00. The first-order valence-corrected chi connectivity index (χ1v) is 7.83. The maximum Gasteiger partial charge on any atom is 0.221 e. The Labute approximate surface area is 133 Å². The molecule has 21 heavy (non-hydrogen) atoms. The van der Waals surface area contributed by atoms with E-state index < -0.39 is 0 Å². The number of rotatable bonds is 3. The lowest BCUT2D eigenvalue weighted by Gasteiger charge is -2.00. The molecule has 2 nitrogen and oxygen atoms in total. The molecule has 0 radical (unpaired) electrons. The van der Waals surface area contributed by atoms with E-state index >= 15 is 0 Å². The molecule has 0 aliphatic heterocycles. The molecule has 0 fully saturated rings. The van der Waals surface area contributed by atoms with E-state index in [1.54, 1.807) is 41.8 Å². The minimum absolute atomic E-state index is 0.151. The summed E-state index contributed by atoms with van der Waals surface area (Å²) in [5.41, 5.74) is 1.43. The summed E-state index contributed by atoms with van der Waals surface area (Å²) in [4.78, 5) is 16.6. The smallest absolute Gasteiger partial charge is 0.221 e. The van der Waals surface area contributed by atoms with Gasteiger partial charge in [0.1, 0.15) is 5.82 Å². The van der Waals surface area contributed by atoms with E-state index in [2.05, 4.69) is 20.9 Å². The molecule has 0 amide bonds. The molecule has 0 aliphatic rings. The van der Waals surface area contributed by atoms with Crippen LogP contribution < -0.4 is 0 Å². The number of aromatic nitrogens is 1. The van der Waals surface area contributed by atoms with Crippen molar-refractivity contribution in [3.05, 3.63) is 74.8 Å². The van der Waals surface area contributed by atoms with Crippen LogP contribution in [0.25, 0.3) is 11.3 Å². The van der Waals surface area contributed by atoms with Gasteiger partial charge in [-0.3, -0.25) is 4.79 Å². The Balaban J connectivity index is 1.97. The summed E-state index contributed by atoms with van der Waals surface area (Å²) in [5.74, 6) is -0.510. The number of halogens is 2. The molecule has 5 heteroatoms. The molecule has 104 valence electrons. The van der Waals surface area contributed by atoms with Crippen molar-refractivity contribution in [1.29, 1.82) is 0 Å². The molecule has 2 aromatic carbocycles. The third-order valence-corrected chi connectivity index (χ3v) is 4.27. The molecule has 0 N–H and O–H groups in total. The fourth-order valence-electron chi connectivity index (χ4n) is 1.91. The van der Waals surface area contributed by atoms with Gasteiger partial charge >= 0.3 is 0 Å². The summed E-state index contributed by atoms with van der Waals surface area (Å²) < 4.78 is 14.6. The Morgan fingerprint density at radius 3 is 2.67 bits per heavy atom. The molecule has 0 unspecified atom stereocenters. The third-order valence-electron chi connectivity index (χ3n) is 2.94. The maximum absolute atomic E-state index is 13.8. The fourth-order valence-corrected chi connectivity index (χ4v) is 3.05. The standard InChI is InChI=1S/C16H9BrFNOS/c17-11-6-7-13(18)12(8-11)14-9-21-16(19-14)15(20)10-4-2-1-3-5-10/h1-9H. The molecule has 1 heterocycles. The van der Waals surface area contributed by atoms with E-state index in [0.717, 1.165) is 4.47 Å². The van der Waals surface area contributed by atoms with Gasteiger partial charge in [-0.25, -0.2) is 9.37 Å². The quantitative estimate of drug-likeness (QED) is 0.618. The van der Waals surface area contributed by atoms with Crippen molar-refractivity contribution in [2.24, 2.45) is 0 Å². The summed E-state index contributed by atoms with van der Waals surface area (Å²) >= 11 is 4.53. The maximum atomic E-state index is 13.8. The highest BCUT2D eigenvalue weighted by atomic mass is 79.9. The molecule has 0 atom stereocenters. The Kier molecular flexibility index (Phi) is 3.94. The molecule has 0 spiro atoms. The first-order chi connectivity index (χ1) is 10.1.